The fourth-order valence-electron chi connectivity index (χ4n) is 2.44. The van der Waals surface area contributed by atoms with Crippen molar-refractivity contribution in [1.82, 2.24) is 0 Å². The highest BCUT2D eigenvalue weighted by Crippen LogP contribution is 2.27. The average molecular weight is 375 g/mol. The van der Waals surface area contributed by atoms with Crippen molar-refractivity contribution in [2.45, 2.75) is 6.92 Å². The molecule has 0 spiro atoms. The lowest BCUT2D eigenvalue weighted by atomic mass is 10.1. The lowest BCUT2D eigenvalue weighted by Crippen LogP contribution is -2.19. The number of methoxy groups -OCH3 is 1. The van der Waals surface area contributed by atoms with Crippen LogP contribution in [0, 0.1) is 6.92 Å². The Morgan fingerprint density at radius 1 is 1.12 bits per heavy atom. The van der Waals surface area contributed by atoms with Crippen LogP contribution in [-0.4, -0.2) is 12.2 Å². The standard InChI is InChI=1S/C18H15ClN2O3S/c1-10-7-17(22)24-16-9-12(3-5-13(10)16)21-18(25)20-11-4-6-15(23-2)14(19)8-11/h3-9H,1-2H3,(H2,20,21,25). The van der Waals surface area contributed by atoms with Crippen molar-refractivity contribution in [3.63, 3.8) is 0 Å². The second-order valence-corrected chi connectivity index (χ2v) is 6.20. The van der Waals surface area contributed by atoms with Gasteiger partial charge < -0.3 is 19.8 Å². The summed E-state index contributed by atoms with van der Waals surface area (Å²) in [5, 5.41) is 7.84. The van der Waals surface area contributed by atoms with E-state index in [1.165, 1.54) is 6.07 Å². The Bertz CT molecular complexity index is 1020. The molecule has 0 atom stereocenters. The molecule has 3 aromatic rings. The number of fused-ring (bicyclic) bond motifs is 1. The zero-order valence-electron chi connectivity index (χ0n) is 13.6. The molecule has 3 rings (SSSR count). The summed E-state index contributed by atoms with van der Waals surface area (Å²) >= 11 is 11.4. The van der Waals surface area contributed by atoms with E-state index in [1.54, 1.807) is 25.3 Å². The molecule has 5 nitrogen and oxygen atoms in total. The molecule has 2 N–H and O–H groups in total. The van der Waals surface area contributed by atoms with Crippen LogP contribution in [0.1, 0.15) is 5.56 Å². The SMILES string of the molecule is COc1ccc(NC(=S)Nc2ccc3c(C)cc(=O)oc3c2)cc1Cl. The molecule has 0 amide bonds. The monoisotopic (exact) mass is 374 g/mol. The number of hydrogen-bond acceptors (Lipinski definition) is 4. The van der Waals surface area contributed by atoms with E-state index in [0.29, 0.717) is 27.2 Å². The van der Waals surface area contributed by atoms with Crippen LogP contribution in [-0.2, 0) is 0 Å². The van der Waals surface area contributed by atoms with Crippen LogP contribution in [0.4, 0.5) is 11.4 Å². The Balaban J connectivity index is 1.77. The minimum atomic E-state index is -0.379. The Morgan fingerprint density at radius 3 is 2.48 bits per heavy atom. The minimum absolute atomic E-state index is 0.379. The highest BCUT2D eigenvalue weighted by atomic mass is 35.5. The summed E-state index contributed by atoms with van der Waals surface area (Å²) in [6.45, 7) is 1.87. The maximum Gasteiger partial charge on any atom is 0.336 e. The van der Waals surface area contributed by atoms with Crippen LogP contribution in [0.5, 0.6) is 5.75 Å². The van der Waals surface area contributed by atoms with E-state index in [-0.39, 0.29) is 5.63 Å². The number of hydrogen-bond donors (Lipinski definition) is 2. The summed E-state index contributed by atoms with van der Waals surface area (Å²) in [5.74, 6) is 0.589. The van der Waals surface area contributed by atoms with E-state index in [2.05, 4.69) is 10.6 Å². The minimum Gasteiger partial charge on any atom is -0.495 e. The molecular weight excluding hydrogens is 360 g/mol. The molecule has 128 valence electrons. The van der Waals surface area contributed by atoms with E-state index in [0.717, 1.165) is 16.6 Å². The first kappa shape index (κ1) is 17.3. The van der Waals surface area contributed by atoms with Gasteiger partial charge in [-0.25, -0.2) is 4.79 Å². The van der Waals surface area contributed by atoms with Gasteiger partial charge >= 0.3 is 5.63 Å². The molecule has 0 aliphatic carbocycles. The van der Waals surface area contributed by atoms with Crippen molar-refractivity contribution in [3.05, 3.63) is 63.5 Å². The second kappa shape index (κ2) is 7.13. The van der Waals surface area contributed by atoms with Gasteiger partial charge in [-0.3, -0.25) is 0 Å². The second-order valence-electron chi connectivity index (χ2n) is 5.39. The van der Waals surface area contributed by atoms with E-state index in [4.69, 9.17) is 33.0 Å². The van der Waals surface area contributed by atoms with Crippen LogP contribution >= 0.6 is 23.8 Å². The normalized spacial score (nSPS) is 10.5. The predicted octanol–water partition coefficient (Wildman–Crippen LogP) is 4.57. The number of thiocarbonyl (C=S) groups is 1. The first-order chi connectivity index (χ1) is 12.0. The molecule has 0 aliphatic rings. The van der Waals surface area contributed by atoms with Crippen LogP contribution in [0.3, 0.4) is 0 Å². The third-order valence-corrected chi connectivity index (χ3v) is 4.12. The molecule has 0 saturated carbocycles. The summed E-state index contributed by atoms with van der Waals surface area (Å²) in [6.07, 6.45) is 0. The van der Waals surface area contributed by atoms with Gasteiger partial charge in [-0.1, -0.05) is 11.6 Å². The maximum atomic E-state index is 11.5. The average Bonchev–Trinajstić information content (AvgIpc) is 2.54. The third-order valence-electron chi connectivity index (χ3n) is 3.62. The van der Waals surface area contributed by atoms with E-state index < -0.39 is 0 Å². The van der Waals surface area contributed by atoms with Crippen molar-refractivity contribution >= 4 is 51.3 Å². The molecule has 25 heavy (non-hydrogen) atoms. The Morgan fingerprint density at radius 2 is 1.80 bits per heavy atom. The van der Waals surface area contributed by atoms with Gasteiger partial charge in [0, 0.05) is 28.9 Å². The zero-order valence-corrected chi connectivity index (χ0v) is 15.1. The number of ether oxygens (including phenoxy) is 1. The van der Waals surface area contributed by atoms with Gasteiger partial charge in [-0.15, -0.1) is 0 Å². The molecule has 0 aliphatic heterocycles. The lowest BCUT2D eigenvalue weighted by Gasteiger charge is -2.12. The third kappa shape index (κ3) is 3.92. The van der Waals surface area contributed by atoms with Crippen LogP contribution in [0.15, 0.2) is 51.7 Å². The van der Waals surface area contributed by atoms with Gasteiger partial charge in [0.05, 0.1) is 12.1 Å². The Labute approximate surface area is 154 Å². The summed E-state index contributed by atoms with van der Waals surface area (Å²) in [4.78, 5) is 11.5. The van der Waals surface area contributed by atoms with Crippen LogP contribution in [0.25, 0.3) is 11.0 Å². The Kier molecular flexibility index (Phi) is 4.92. The van der Waals surface area contributed by atoms with Crippen molar-refractivity contribution in [3.8, 4) is 5.75 Å². The maximum absolute atomic E-state index is 11.5. The predicted molar refractivity (Wildman–Crippen MR) is 105 cm³/mol. The molecule has 2 aromatic carbocycles. The number of aryl methyl sites for hydroxylation is 1. The van der Waals surface area contributed by atoms with E-state index in [1.807, 2.05) is 25.1 Å². The van der Waals surface area contributed by atoms with Gasteiger partial charge in [0.25, 0.3) is 0 Å². The van der Waals surface area contributed by atoms with Crippen molar-refractivity contribution in [2.75, 3.05) is 17.7 Å². The van der Waals surface area contributed by atoms with Gasteiger partial charge in [0.1, 0.15) is 11.3 Å². The largest absolute Gasteiger partial charge is 0.495 e. The summed E-state index contributed by atoms with van der Waals surface area (Å²) < 4.78 is 10.4. The Hall–Kier alpha value is -2.57. The van der Waals surface area contributed by atoms with Gasteiger partial charge in [0.2, 0.25) is 0 Å². The van der Waals surface area contributed by atoms with Gasteiger partial charge in [-0.05, 0) is 55.0 Å². The lowest BCUT2D eigenvalue weighted by molar-refractivity contribution is 0.415. The molecule has 0 unspecified atom stereocenters. The molecule has 1 aromatic heterocycles. The smallest absolute Gasteiger partial charge is 0.336 e. The fourth-order valence-corrected chi connectivity index (χ4v) is 2.93. The number of halogens is 1. The van der Waals surface area contributed by atoms with Gasteiger partial charge in [-0.2, -0.15) is 0 Å². The van der Waals surface area contributed by atoms with Crippen molar-refractivity contribution < 1.29 is 9.15 Å². The highest BCUT2D eigenvalue weighted by Gasteiger charge is 2.06. The van der Waals surface area contributed by atoms with Crippen LogP contribution in [0.2, 0.25) is 5.02 Å². The van der Waals surface area contributed by atoms with E-state index in [9.17, 15) is 4.79 Å². The molecule has 0 bridgehead atoms. The number of rotatable bonds is 3. The summed E-state index contributed by atoms with van der Waals surface area (Å²) in [5.41, 5.74) is 2.43. The number of benzene rings is 2. The summed E-state index contributed by atoms with van der Waals surface area (Å²) in [7, 11) is 1.56. The van der Waals surface area contributed by atoms with Crippen molar-refractivity contribution in [2.24, 2.45) is 0 Å². The van der Waals surface area contributed by atoms with Gasteiger partial charge in [0.15, 0.2) is 5.11 Å². The number of anilines is 2. The first-order valence-electron chi connectivity index (χ1n) is 7.42. The molecule has 1 heterocycles. The quantitative estimate of drug-likeness (QED) is 0.517. The zero-order chi connectivity index (χ0) is 18.0. The topological polar surface area (TPSA) is 63.5 Å². The molecule has 7 heteroatoms. The molecule has 0 fully saturated rings. The highest BCUT2D eigenvalue weighted by molar-refractivity contribution is 7.80. The van der Waals surface area contributed by atoms with Crippen LogP contribution < -0.4 is 21.0 Å². The van der Waals surface area contributed by atoms with Crippen molar-refractivity contribution in [1.29, 1.82) is 0 Å². The summed E-state index contributed by atoms with van der Waals surface area (Å²) in [6, 6.07) is 12.2. The molecule has 0 saturated heterocycles. The number of nitrogens with one attached hydrogen (secondary N) is 2. The molecule has 0 radical (unpaired) electrons. The fraction of sp³-hybridized carbons (Fsp3) is 0.111. The first-order valence-corrected chi connectivity index (χ1v) is 8.21. The van der Waals surface area contributed by atoms with E-state index >= 15 is 0 Å². The molecular formula is C18H15ClN2O3S.